The van der Waals surface area contributed by atoms with Gasteiger partial charge in [0.1, 0.15) is 0 Å². The van der Waals surface area contributed by atoms with Crippen molar-refractivity contribution in [3.05, 3.63) is 59.2 Å². The lowest BCUT2D eigenvalue weighted by Gasteiger charge is -2.12. The topological polar surface area (TPSA) is 41.1 Å². The fourth-order valence-electron chi connectivity index (χ4n) is 2.18. The van der Waals surface area contributed by atoms with Crippen LogP contribution in [0.15, 0.2) is 42.5 Å². The Kier molecular flexibility index (Phi) is 4.99. The monoisotopic (exact) mass is 282 g/mol. The molecule has 0 fully saturated rings. The van der Waals surface area contributed by atoms with Gasteiger partial charge in [-0.1, -0.05) is 37.3 Å². The first-order chi connectivity index (χ1) is 10.1. The standard InChI is InChI=1S/C18H22N2O/c1-4-15-6-8-16(9-7-15)12-19-18-11-17(20-14(3)21)10-5-13(18)2/h5-11,19H,4,12H2,1-3H3,(H,20,21). The van der Waals surface area contributed by atoms with Gasteiger partial charge in [0, 0.05) is 24.8 Å². The highest BCUT2D eigenvalue weighted by molar-refractivity contribution is 5.89. The van der Waals surface area contributed by atoms with E-state index in [1.807, 2.05) is 18.2 Å². The Bertz CT molecular complexity index is 618. The highest BCUT2D eigenvalue weighted by Gasteiger charge is 2.02. The van der Waals surface area contributed by atoms with Gasteiger partial charge in [-0.3, -0.25) is 4.79 Å². The largest absolute Gasteiger partial charge is 0.381 e. The van der Waals surface area contributed by atoms with Crippen molar-refractivity contribution < 1.29 is 4.79 Å². The number of benzene rings is 2. The summed E-state index contributed by atoms with van der Waals surface area (Å²) in [5, 5.41) is 6.24. The minimum absolute atomic E-state index is 0.0556. The van der Waals surface area contributed by atoms with E-state index in [0.29, 0.717) is 0 Å². The van der Waals surface area contributed by atoms with Crippen molar-refractivity contribution in [1.82, 2.24) is 0 Å². The molecule has 0 spiro atoms. The van der Waals surface area contributed by atoms with Crippen molar-refractivity contribution in [2.24, 2.45) is 0 Å². The smallest absolute Gasteiger partial charge is 0.221 e. The van der Waals surface area contributed by atoms with Crippen LogP contribution in [0.4, 0.5) is 11.4 Å². The summed E-state index contributed by atoms with van der Waals surface area (Å²) in [6.45, 7) is 6.50. The molecule has 21 heavy (non-hydrogen) atoms. The maximum Gasteiger partial charge on any atom is 0.221 e. The zero-order valence-corrected chi connectivity index (χ0v) is 12.9. The molecule has 0 heterocycles. The van der Waals surface area contributed by atoms with Crippen LogP contribution in [0.5, 0.6) is 0 Å². The van der Waals surface area contributed by atoms with Crippen molar-refractivity contribution in [1.29, 1.82) is 0 Å². The Hall–Kier alpha value is -2.29. The summed E-state index contributed by atoms with van der Waals surface area (Å²) in [6.07, 6.45) is 1.06. The number of rotatable bonds is 5. The number of nitrogens with one attached hydrogen (secondary N) is 2. The summed E-state index contributed by atoms with van der Waals surface area (Å²) in [5.74, 6) is -0.0556. The van der Waals surface area contributed by atoms with Crippen molar-refractivity contribution in [2.45, 2.75) is 33.7 Å². The molecule has 0 saturated heterocycles. The maximum absolute atomic E-state index is 11.1. The minimum Gasteiger partial charge on any atom is -0.381 e. The second-order valence-electron chi connectivity index (χ2n) is 5.23. The van der Waals surface area contributed by atoms with Gasteiger partial charge in [-0.2, -0.15) is 0 Å². The highest BCUT2D eigenvalue weighted by Crippen LogP contribution is 2.21. The zero-order valence-electron chi connectivity index (χ0n) is 12.9. The van der Waals surface area contributed by atoms with Gasteiger partial charge in [-0.15, -0.1) is 0 Å². The molecular formula is C18H22N2O. The summed E-state index contributed by atoms with van der Waals surface area (Å²) in [6, 6.07) is 14.5. The van der Waals surface area contributed by atoms with Crippen LogP contribution in [-0.2, 0) is 17.8 Å². The molecule has 2 N–H and O–H groups in total. The Morgan fingerprint density at radius 2 is 1.71 bits per heavy atom. The van der Waals surface area contributed by atoms with E-state index >= 15 is 0 Å². The van der Waals surface area contributed by atoms with Gasteiger partial charge in [0.25, 0.3) is 0 Å². The predicted octanol–water partition coefficient (Wildman–Crippen LogP) is 4.13. The van der Waals surface area contributed by atoms with Crippen LogP contribution in [0.25, 0.3) is 0 Å². The van der Waals surface area contributed by atoms with Crippen LogP contribution in [-0.4, -0.2) is 5.91 Å². The molecule has 1 amide bonds. The van der Waals surface area contributed by atoms with E-state index in [2.05, 4.69) is 48.7 Å². The molecule has 2 rings (SSSR count). The molecule has 3 heteroatoms. The summed E-state index contributed by atoms with van der Waals surface area (Å²) in [4.78, 5) is 11.1. The summed E-state index contributed by atoms with van der Waals surface area (Å²) < 4.78 is 0. The third-order valence-electron chi connectivity index (χ3n) is 3.47. The van der Waals surface area contributed by atoms with E-state index in [1.54, 1.807) is 0 Å². The first-order valence-electron chi connectivity index (χ1n) is 7.28. The van der Waals surface area contributed by atoms with E-state index in [1.165, 1.54) is 18.1 Å². The normalized spacial score (nSPS) is 10.2. The molecule has 0 radical (unpaired) electrons. The van der Waals surface area contributed by atoms with Gasteiger partial charge < -0.3 is 10.6 Å². The number of anilines is 2. The van der Waals surface area contributed by atoms with Gasteiger partial charge in [0.15, 0.2) is 0 Å². The van der Waals surface area contributed by atoms with E-state index < -0.39 is 0 Å². The average Bonchev–Trinajstić information content (AvgIpc) is 2.48. The highest BCUT2D eigenvalue weighted by atomic mass is 16.1. The molecule has 0 aliphatic carbocycles. The summed E-state index contributed by atoms with van der Waals surface area (Å²) >= 11 is 0. The van der Waals surface area contributed by atoms with E-state index in [0.717, 1.165) is 29.9 Å². The average molecular weight is 282 g/mol. The van der Waals surface area contributed by atoms with E-state index in [4.69, 9.17) is 0 Å². The van der Waals surface area contributed by atoms with Crippen LogP contribution in [0.1, 0.15) is 30.5 Å². The van der Waals surface area contributed by atoms with Gasteiger partial charge >= 0.3 is 0 Å². The number of hydrogen-bond donors (Lipinski definition) is 2. The molecule has 0 aromatic heterocycles. The van der Waals surface area contributed by atoms with E-state index in [9.17, 15) is 4.79 Å². The first kappa shape index (κ1) is 15.1. The van der Waals surface area contributed by atoms with Crippen molar-refractivity contribution in [3.8, 4) is 0 Å². The lowest BCUT2D eigenvalue weighted by molar-refractivity contribution is -0.114. The second-order valence-corrected chi connectivity index (χ2v) is 5.23. The molecule has 3 nitrogen and oxygen atoms in total. The van der Waals surface area contributed by atoms with Crippen LogP contribution in [0, 0.1) is 6.92 Å². The molecule has 0 saturated carbocycles. The van der Waals surface area contributed by atoms with Crippen molar-refractivity contribution in [3.63, 3.8) is 0 Å². The third kappa shape index (κ3) is 4.35. The molecule has 2 aromatic rings. The Balaban J connectivity index is 2.05. The molecule has 0 unspecified atom stereocenters. The number of amides is 1. The fourth-order valence-corrected chi connectivity index (χ4v) is 2.18. The summed E-state index contributed by atoms with van der Waals surface area (Å²) in [5.41, 5.74) is 5.62. The third-order valence-corrected chi connectivity index (χ3v) is 3.47. The van der Waals surface area contributed by atoms with Gasteiger partial charge in [0.2, 0.25) is 5.91 Å². The number of carbonyl (C=O) groups is 1. The Morgan fingerprint density at radius 3 is 2.33 bits per heavy atom. The lowest BCUT2D eigenvalue weighted by Crippen LogP contribution is -2.07. The van der Waals surface area contributed by atoms with Crippen LogP contribution in [0.3, 0.4) is 0 Å². The molecule has 110 valence electrons. The first-order valence-corrected chi connectivity index (χ1v) is 7.28. The van der Waals surface area contributed by atoms with Crippen molar-refractivity contribution >= 4 is 17.3 Å². The molecular weight excluding hydrogens is 260 g/mol. The number of hydrogen-bond acceptors (Lipinski definition) is 2. The fraction of sp³-hybridized carbons (Fsp3) is 0.278. The molecule has 2 aromatic carbocycles. The lowest BCUT2D eigenvalue weighted by atomic mass is 10.1. The van der Waals surface area contributed by atoms with Gasteiger partial charge in [0.05, 0.1) is 0 Å². The predicted molar refractivity (Wildman–Crippen MR) is 88.6 cm³/mol. The molecule has 0 aliphatic heterocycles. The van der Waals surface area contributed by atoms with Crippen molar-refractivity contribution in [2.75, 3.05) is 10.6 Å². The maximum atomic E-state index is 11.1. The van der Waals surface area contributed by atoms with E-state index in [-0.39, 0.29) is 5.91 Å². The molecule has 0 aliphatic rings. The van der Waals surface area contributed by atoms with Crippen LogP contribution >= 0.6 is 0 Å². The molecule has 0 atom stereocenters. The Labute approximate surface area is 126 Å². The second kappa shape index (κ2) is 6.93. The zero-order chi connectivity index (χ0) is 15.2. The van der Waals surface area contributed by atoms with Gasteiger partial charge in [-0.05, 0) is 42.2 Å². The van der Waals surface area contributed by atoms with Gasteiger partial charge in [-0.25, -0.2) is 0 Å². The minimum atomic E-state index is -0.0556. The van der Waals surface area contributed by atoms with Crippen LogP contribution < -0.4 is 10.6 Å². The van der Waals surface area contributed by atoms with Crippen LogP contribution in [0.2, 0.25) is 0 Å². The molecule has 0 bridgehead atoms. The SMILES string of the molecule is CCc1ccc(CNc2cc(NC(C)=O)ccc2C)cc1. The number of aryl methyl sites for hydroxylation is 2. The number of carbonyl (C=O) groups excluding carboxylic acids is 1. The quantitative estimate of drug-likeness (QED) is 0.865. The Morgan fingerprint density at radius 1 is 1.05 bits per heavy atom. The summed E-state index contributed by atoms with van der Waals surface area (Å²) in [7, 11) is 0.